The van der Waals surface area contributed by atoms with Gasteiger partial charge in [0.1, 0.15) is 5.82 Å². The van der Waals surface area contributed by atoms with Gasteiger partial charge in [0.15, 0.2) is 11.6 Å². The number of nitrogens with zero attached hydrogens (tertiary/aromatic N) is 2. The SMILES string of the molecule is Nc1ccc(C(=O)Cc2cccc(-c3nc(NC4CC4)c4sccc4n3)c2)cc1. The summed E-state index contributed by atoms with van der Waals surface area (Å²) >= 11 is 1.66. The zero-order chi connectivity index (χ0) is 19.8. The minimum absolute atomic E-state index is 0.0624. The molecule has 0 amide bonds. The number of ketones is 1. The Kier molecular flexibility index (Phi) is 4.48. The highest BCUT2D eigenvalue weighted by Gasteiger charge is 2.23. The largest absolute Gasteiger partial charge is 0.399 e. The Morgan fingerprint density at radius 1 is 1.10 bits per heavy atom. The lowest BCUT2D eigenvalue weighted by Gasteiger charge is -2.09. The molecule has 3 N–H and O–H groups in total. The summed E-state index contributed by atoms with van der Waals surface area (Å²) in [5, 5.41) is 5.57. The lowest BCUT2D eigenvalue weighted by atomic mass is 10.0. The fourth-order valence-electron chi connectivity index (χ4n) is 3.29. The molecule has 1 fully saturated rings. The van der Waals surface area contributed by atoms with Gasteiger partial charge in [-0.1, -0.05) is 18.2 Å². The van der Waals surface area contributed by atoms with Crippen LogP contribution in [0.25, 0.3) is 21.6 Å². The van der Waals surface area contributed by atoms with Crippen molar-refractivity contribution in [3.63, 3.8) is 0 Å². The predicted molar refractivity (Wildman–Crippen MR) is 118 cm³/mol. The highest BCUT2D eigenvalue weighted by atomic mass is 32.1. The number of nitrogens with two attached hydrogens (primary N) is 1. The van der Waals surface area contributed by atoms with E-state index in [1.807, 2.05) is 35.7 Å². The van der Waals surface area contributed by atoms with Crippen LogP contribution in [0.4, 0.5) is 11.5 Å². The van der Waals surface area contributed by atoms with Crippen LogP contribution in [0.2, 0.25) is 0 Å². The Morgan fingerprint density at radius 3 is 2.72 bits per heavy atom. The molecular formula is C23H20N4OS. The van der Waals surface area contributed by atoms with Gasteiger partial charge in [-0.3, -0.25) is 4.79 Å². The molecule has 5 rings (SSSR count). The van der Waals surface area contributed by atoms with Crippen molar-refractivity contribution in [3.8, 4) is 11.4 Å². The van der Waals surface area contributed by atoms with Gasteiger partial charge in [0.05, 0.1) is 10.2 Å². The maximum atomic E-state index is 12.6. The molecule has 0 atom stereocenters. The highest BCUT2D eigenvalue weighted by molar-refractivity contribution is 7.17. The molecule has 0 spiro atoms. The zero-order valence-electron chi connectivity index (χ0n) is 15.8. The molecule has 4 aromatic rings. The first kappa shape index (κ1) is 17.8. The fourth-order valence-corrected chi connectivity index (χ4v) is 4.07. The summed E-state index contributed by atoms with van der Waals surface area (Å²) in [5.74, 6) is 1.65. The lowest BCUT2D eigenvalue weighted by molar-refractivity contribution is 0.0993. The second-order valence-corrected chi connectivity index (χ2v) is 8.29. The van der Waals surface area contributed by atoms with Gasteiger partial charge in [-0.25, -0.2) is 9.97 Å². The van der Waals surface area contributed by atoms with Gasteiger partial charge in [0.2, 0.25) is 0 Å². The average Bonchev–Trinajstić information content (AvgIpc) is 3.41. The van der Waals surface area contributed by atoms with Crippen LogP contribution in [-0.4, -0.2) is 21.8 Å². The van der Waals surface area contributed by atoms with Gasteiger partial charge in [-0.15, -0.1) is 11.3 Å². The first-order chi connectivity index (χ1) is 14.2. The number of rotatable bonds is 6. The molecule has 0 saturated heterocycles. The summed E-state index contributed by atoms with van der Waals surface area (Å²) in [6.45, 7) is 0. The number of carbonyl (C=O) groups excluding carboxylic acids is 1. The number of nitrogen functional groups attached to an aromatic ring is 1. The van der Waals surface area contributed by atoms with E-state index in [0.717, 1.165) is 27.2 Å². The number of benzene rings is 2. The van der Waals surface area contributed by atoms with Gasteiger partial charge in [-0.05, 0) is 60.2 Å². The van der Waals surface area contributed by atoms with Crippen LogP contribution in [0.1, 0.15) is 28.8 Å². The highest BCUT2D eigenvalue weighted by Crippen LogP contribution is 2.33. The quantitative estimate of drug-likeness (QED) is 0.354. The number of nitrogens with one attached hydrogen (secondary N) is 1. The van der Waals surface area contributed by atoms with E-state index in [4.69, 9.17) is 15.7 Å². The Morgan fingerprint density at radius 2 is 1.93 bits per heavy atom. The average molecular weight is 401 g/mol. The molecule has 6 heteroatoms. The first-order valence-corrected chi connectivity index (χ1v) is 10.5. The van der Waals surface area contributed by atoms with Crippen molar-refractivity contribution in [2.75, 3.05) is 11.1 Å². The third-order valence-corrected chi connectivity index (χ3v) is 5.91. The molecule has 29 heavy (non-hydrogen) atoms. The second kappa shape index (κ2) is 7.29. The van der Waals surface area contributed by atoms with E-state index in [2.05, 4.69) is 5.32 Å². The Balaban J connectivity index is 1.44. The number of hydrogen-bond donors (Lipinski definition) is 2. The molecule has 2 aromatic carbocycles. The molecule has 0 bridgehead atoms. The standard InChI is InChI=1S/C23H20N4OS/c24-17-6-4-15(5-7-17)20(28)13-14-2-1-3-16(12-14)22-26-19-10-11-29-21(19)23(27-22)25-18-8-9-18/h1-7,10-12,18H,8-9,13,24H2,(H,25,26,27). The fraction of sp³-hybridized carbons (Fsp3) is 0.174. The van der Waals surface area contributed by atoms with Crippen LogP contribution in [0.5, 0.6) is 0 Å². The summed E-state index contributed by atoms with van der Waals surface area (Å²) in [6.07, 6.45) is 2.70. The van der Waals surface area contributed by atoms with Gasteiger partial charge >= 0.3 is 0 Å². The Bertz CT molecular complexity index is 1200. The van der Waals surface area contributed by atoms with E-state index in [1.165, 1.54) is 12.8 Å². The van der Waals surface area contributed by atoms with Crippen molar-refractivity contribution in [2.24, 2.45) is 0 Å². The third kappa shape index (κ3) is 3.84. The van der Waals surface area contributed by atoms with Crippen molar-refractivity contribution in [3.05, 3.63) is 71.1 Å². The third-order valence-electron chi connectivity index (χ3n) is 5.00. The van der Waals surface area contributed by atoms with E-state index < -0.39 is 0 Å². The predicted octanol–water partition coefficient (Wildman–Crippen LogP) is 4.94. The normalized spacial score (nSPS) is 13.5. The summed E-state index contributed by atoms with van der Waals surface area (Å²) in [6, 6.07) is 17.5. The van der Waals surface area contributed by atoms with Crippen molar-refractivity contribution >= 4 is 38.8 Å². The minimum Gasteiger partial charge on any atom is -0.399 e. The van der Waals surface area contributed by atoms with E-state index in [-0.39, 0.29) is 5.78 Å². The molecule has 144 valence electrons. The van der Waals surface area contributed by atoms with Gasteiger partial charge < -0.3 is 11.1 Å². The van der Waals surface area contributed by atoms with Crippen LogP contribution >= 0.6 is 11.3 Å². The van der Waals surface area contributed by atoms with Gasteiger partial charge in [0.25, 0.3) is 0 Å². The van der Waals surface area contributed by atoms with Crippen LogP contribution in [-0.2, 0) is 6.42 Å². The zero-order valence-corrected chi connectivity index (χ0v) is 16.6. The van der Waals surface area contributed by atoms with E-state index in [9.17, 15) is 4.79 Å². The summed E-state index contributed by atoms with van der Waals surface area (Å²) in [5.41, 5.74) is 9.83. The molecular weight excluding hydrogens is 380 g/mol. The number of fused-ring (bicyclic) bond motifs is 1. The lowest BCUT2D eigenvalue weighted by Crippen LogP contribution is -2.05. The first-order valence-electron chi connectivity index (χ1n) is 9.65. The van der Waals surface area contributed by atoms with Crippen molar-refractivity contribution in [1.29, 1.82) is 0 Å². The maximum Gasteiger partial charge on any atom is 0.167 e. The molecule has 1 aliphatic carbocycles. The van der Waals surface area contributed by atoms with Crippen molar-refractivity contribution in [1.82, 2.24) is 9.97 Å². The summed E-state index contributed by atoms with van der Waals surface area (Å²) in [7, 11) is 0. The number of Topliss-reactive ketones (excluding diaryl/α,β-unsaturated/α-hetero) is 1. The molecule has 1 aliphatic rings. The van der Waals surface area contributed by atoms with Gasteiger partial charge in [-0.2, -0.15) is 0 Å². The van der Waals surface area contributed by atoms with Gasteiger partial charge in [0, 0.05) is 29.3 Å². The smallest absolute Gasteiger partial charge is 0.167 e. The molecule has 2 aromatic heterocycles. The molecule has 2 heterocycles. The van der Waals surface area contributed by atoms with Crippen LogP contribution < -0.4 is 11.1 Å². The van der Waals surface area contributed by atoms with Crippen molar-refractivity contribution in [2.45, 2.75) is 25.3 Å². The van der Waals surface area contributed by atoms with Crippen LogP contribution in [0.15, 0.2) is 60.0 Å². The topological polar surface area (TPSA) is 80.9 Å². The van der Waals surface area contributed by atoms with Crippen LogP contribution in [0, 0.1) is 0 Å². The molecule has 1 saturated carbocycles. The summed E-state index contributed by atoms with van der Waals surface area (Å²) < 4.78 is 1.09. The Hall–Kier alpha value is -3.25. The van der Waals surface area contributed by atoms with E-state index in [1.54, 1.807) is 35.6 Å². The number of aromatic nitrogens is 2. The molecule has 0 unspecified atom stereocenters. The number of thiophene rings is 1. The van der Waals surface area contributed by atoms with Crippen molar-refractivity contribution < 1.29 is 4.79 Å². The number of anilines is 2. The maximum absolute atomic E-state index is 12.6. The molecule has 0 aliphatic heterocycles. The second-order valence-electron chi connectivity index (χ2n) is 7.37. The molecule has 5 nitrogen and oxygen atoms in total. The summed E-state index contributed by atoms with van der Waals surface area (Å²) in [4.78, 5) is 22.2. The van der Waals surface area contributed by atoms with E-state index in [0.29, 0.717) is 29.5 Å². The van der Waals surface area contributed by atoms with E-state index >= 15 is 0 Å². The molecule has 0 radical (unpaired) electrons. The monoisotopic (exact) mass is 400 g/mol. The minimum atomic E-state index is 0.0624. The number of hydrogen-bond acceptors (Lipinski definition) is 6. The number of carbonyl (C=O) groups is 1. The Labute approximate surface area is 172 Å². The van der Waals surface area contributed by atoms with Crippen LogP contribution in [0.3, 0.4) is 0 Å².